The molecule has 0 saturated heterocycles. The first kappa shape index (κ1) is 9.45. The summed E-state index contributed by atoms with van der Waals surface area (Å²) >= 11 is 0. The number of aromatic amines is 1. The van der Waals surface area contributed by atoms with Gasteiger partial charge < -0.3 is 9.55 Å². The van der Waals surface area contributed by atoms with Gasteiger partial charge in [-0.1, -0.05) is 6.42 Å². The van der Waals surface area contributed by atoms with E-state index in [1.54, 1.807) is 12.1 Å². The van der Waals surface area contributed by atoms with Crippen molar-refractivity contribution >= 4 is 11.2 Å². The molecule has 2 fully saturated rings. The standard InChI is InChI=1S/C13H15N3O/c17-12-4-3-10-13(15-12)16(7-14-10)11-6-8-1-2-9(11)5-8/h3-4,7-9,11H,1-2,5-6H2,(H,15,17). The summed E-state index contributed by atoms with van der Waals surface area (Å²) < 4.78 is 2.19. The first-order valence-electron chi connectivity index (χ1n) is 6.37. The zero-order valence-electron chi connectivity index (χ0n) is 9.60. The first-order valence-corrected chi connectivity index (χ1v) is 6.37. The second-order valence-electron chi connectivity index (χ2n) is 5.45. The van der Waals surface area contributed by atoms with E-state index in [9.17, 15) is 4.79 Å². The lowest BCUT2D eigenvalue weighted by molar-refractivity contribution is 0.334. The Kier molecular flexibility index (Phi) is 1.79. The van der Waals surface area contributed by atoms with Crippen molar-refractivity contribution in [3.8, 4) is 0 Å². The largest absolute Gasteiger partial charge is 0.313 e. The Morgan fingerprint density at radius 2 is 2.24 bits per heavy atom. The molecule has 4 rings (SSSR count). The molecule has 0 amide bonds. The van der Waals surface area contributed by atoms with Gasteiger partial charge in [-0.25, -0.2) is 4.98 Å². The van der Waals surface area contributed by atoms with Crippen molar-refractivity contribution in [2.45, 2.75) is 31.7 Å². The molecule has 17 heavy (non-hydrogen) atoms. The Balaban J connectivity index is 1.85. The Morgan fingerprint density at radius 3 is 3.00 bits per heavy atom. The van der Waals surface area contributed by atoms with Gasteiger partial charge in [-0.05, 0) is 37.2 Å². The van der Waals surface area contributed by atoms with Crippen LogP contribution in [0.2, 0.25) is 0 Å². The fourth-order valence-corrected chi connectivity index (χ4v) is 3.74. The highest BCUT2D eigenvalue weighted by Crippen LogP contribution is 2.51. The summed E-state index contributed by atoms with van der Waals surface area (Å²) in [6.45, 7) is 0. The molecular formula is C13H15N3O. The lowest BCUT2D eigenvalue weighted by atomic mass is 9.95. The number of hydrogen-bond donors (Lipinski definition) is 1. The molecule has 4 nitrogen and oxygen atoms in total. The Bertz CT molecular complexity index is 627. The van der Waals surface area contributed by atoms with Crippen molar-refractivity contribution in [1.82, 2.24) is 14.5 Å². The molecule has 2 heterocycles. The van der Waals surface area contributed by atoms with Gasteiger partial charge >= 0.3 is 0 Å². The van der Waals surface area contributed by atoms with Crippen molar-refractivity contribution in [2.24, 2.45) is 11.8 Å². The molecule has 0 aromatic carbocycles. The van der Waals surface area contributed by atoms with Crippen LogP contribution in [0, 0.1) is 11.8 Å². The van der Waals surface area contributed by atoms with Gasteiger partial charge in [0.25, 0.3) is 0 Å². The second kappa shape index (κ2) is 3.22. The number of nitrogens with one attached hydrogen (secondary N) is 1. The predicted molar refractivity (Wildman–Crippen MR) is 64.8 cm³/mol. The predicted octanol–water partition coefficient (Wildman–Crippen LogP) is 2.09. The SMILES string of the molecule is O=c1ccc2ncn(C3CC4CCC3C4)c2[nH]1. The van der Waals surface area contributed by atoms with E-state index in [1.807, 2.05) is 6.33 Å². The molecule has 2 aromatic rings. The lowest BCUT2D eigenvalue weighted by Gasteiger charge is -2.23. The quantitative estimate of drug-likeness (QED) is 0.814. The van der Waals surface area contributed by atoms with E-state index >= 15 is 0 Å². The topological polar surface area (TPSA) is 50.7 Å². The number of fused-ring (bicyclic) bond motifs is 3. The molecule has 2 bridgehead atoms. The van der Waals surface area contributed by atoms with Gasteiger partial charge in [-0.15, -0.1) is 0 Å². The smallest absolute Gasteiger partial charge is 0.249 e. The van der Waals surface area contributed by atoms with Crippen LogP contribution in [-0.2, 0) is 0 Å². The maximum absolute atomic E-state index is 11.4. The number of imidazole rings is 1. The number of hydrogen-bond acceptors (Lipinski definition) is 2. The number of nitrogens with zero attached hydrogens (tertiary/aromatic N) is 2. The molecule has 2 aliphatic carbocycles. The minimum absolute atomic E-state index is 0.0394. The lowest BCUT2D eigenvalue weighted by Crippen LogP contribution is -2.17. The summed E-state index contributed by atoms with van der Waals surface area (Å²) in [5.41, 5.74) is 1.75. The molecule has 3 unspecified atom stereocenters. The molecule has 2 aliphatic rings. The molecule has 1 N–H and O–H groups in total. The maximum atomic E-state index is 11.4. The van der Waals surface area contributed by atoms with Crippen LogP contribution >= 0.6 is 0 Å². The highest BCUT2D eigenvalue weighted by Gasteiger charge is 2.40. The normalized spacial score (nSPS) is 31.4. The van der Waals surface area contributed by atoms with Crippen molar-refractivity contribution in [1.29, 1.82) is 0 Å². The van der Waals surface area contributed by atoms with Gasteiger partial charge in [-0.2, -0.15) is 0 Å². The van der Waals surface area contributed by atoms with E-state index < -0.39 is 0 Å². The number of rotatable bonds is 1. The third kappa shape index (κ3) is 1.30. The van der Waals surface area contributed by atoms with E-state index in [-0.39, 0.29) is 5.56 Å². The molecule has 2 saturated carbocycles. The molecule has 0 spiro atoms. The van der Waals surface area contributed by atoms with Crippen LogP contribution in [0.5, 0.6) is 0 Å². The summed E-state index contributed by atoms with van der Waals surface area (Å²) in [5, 5.41) is 0. The van der Waals surface area contributed by atoms with Gasteiger partial charge in [0.1, 0.15) is 11.2 Å². The zero-order chi connectivity index (χ0) is 11.4. The van der Waals surface area contributed by atoms with E-state index in [0.29, 0.717) is 6.04 Å². The Hall–Kier alpha value is -1.58. The Labute approximate surface area is 98.7 Å². The number of pyridine rings is 1. The van der Waals surface area contributed by atoms with Gasteiger partial charge in [0.15, 0.2) is 0 Å². The first-order chi connectivity index (χ1) is 8.31. The van der Waals surface area contributed by atoms with Crippen LogP contribution in [0.4, 0.5) is 0 Å². The molecule has 3 atom stereocenters. The summed E-state index contributed by atoms with van der Waals surface area (Å²) in [5.74, 6) is 1.69. The average Bonchev–Trinajstić information content (AvgIpc) is 3.01. The average molecular weight is 229 g/mol. The van der Waals surface area contributed by atoms with Crippen LogP contribution in [-0.4, -0.2) is 14.5 Å². The zero-order valence-corrected chi connectivity index (χ0v) is 9.60. The Morgan fingerprint density at radius 1 is 1.29 bits per heavy atom. The van der Waals surface area contributed by atoms with E-state index in [4.69, 9.17) is 0 Å². The van der Waals surface area contributed by atoms with Crippen LogP contribution in [0.1, 0.15) is 31.7 Å². The fourth-order valence-electron chi connectivity index (χ4n) is 3.74. The summed E-state index contributed by atoms with van der Waals surface area (Å²) in [4.78, 5) is 18.7. The van der Waals surface area contributed by atoms with Crippen molar-refractivity contribution in [2.75, 3.05) is 0 Å². The molecular weight excluding hydrogens is 214 g/mol. The van der Waals surface area contributed by atoms with Gasteiger partial charge in [0.2, 0.25) is 5.56 Å². The van der Waals surface area contributed by atoms with Crippen LogP contribution in [0.25, 0.3) is 11.2 Å². The number of H-pyrrole nitrogens is 1. The van der Waals surface area contributed by atoms with Crippen LogP contribution < -0.4 is 5.56 Å². The van der Waals surface area contributed by atoms with Crippen LogP contribution in [0.3, 0.4) is 0 Å². The summed E-state index contributed by atoms with van der Waals surface area (Å²) in [6, 6.07) is 3.90. The monoisotopic (exact) mass is 229 g/mol. The molecule has 88 valence electrons. The highest BCUT2D eigenvalue weighted by molar-refractivity contribution is 5.70. The van der Waals surface area contributed by atoms with Gasteiger partial charge in [0.05, 0.1) is 6.33 Å². The maximum Gasteiger partial charge on any atom is 0.249 e. The van der Waals surface area contributed by atoms with E-state index in [0.717, 1.165) is 23.0 Å². The van der Waals surface area contributed by atoms with Crippen molar-refractivity contribution < 1.29 is 0 Å². The highest BCUT2D eigenvalue weighted by atomic mass is 16.1. The molecule has 0 radical (unpaired) electrons. The van der Waals surface area contributed by atoms with Crippen molar-refractivity contribution in [3.05, 3.63) is 28.8 Å². The molecule has 4 heteroatoms. The van der Waals surface area contributed by atoms with E-state index in [1.165, 1.54) is 25.7 Å². The third-order valence-corrected chi connectivity index (χ3v) is 4.51. The molecule has 0 aliphatic heterocycles. The fraction of sp³-hybridized carbons (Fsp3) is 0.538. The summed E-state index contributed by atoms with van der Waals surface area (Å²) in [7, 11) is 0. The van der Waals surface area contributed by atoms with Gasteiger partial charge in [0, 0.05) is 12.1 Å². The van der Waals surface area contributed by atoms with Crippen LogP contribution in [0.15, 0.2) is 23.3 Å². The van der Waals surface area contributed by atoms with Crippen molar-refractivity contribution in [3.63, 3.8) is 0 Å². The second-order valence-corrected chi connectivity index (χ2v) is 5.45. The summed E-state index contributed by atoms with van der Waals surface area (Å²) in [6.07, 6.45) is 7.25. The number of aromatic nitrogens is 3. The van der Waals surface area contributed by atoms with Gasteiger partial charge in [-0.3, -0.25) is 4.79 Å². The van der Waals surface area contributed by atoms with E-state index in [2.05, 4.69) is 14.5 Å². The minimum Gasteiger partial charge on any atom is -0.313 e. The minimum atomic E-state index is -0.0394. The molecule has 2 aromatic heterocycles. The third-order valence-electron chi connectivity index (χ3n) is 4.51.